The zero-order chi connectivity index (χ0) is 6.95. The van der Waals surface area contributed by atoms with Crippen molar-refractivity contribution in [2.24, 2.45) is 0 Å². The molecule has 56 valence electrons. The van der Waals surface area contributed by atoms with E-state index in [9.17, 15) is 0 Å². The lowest BCUT2D eigenvalue weighted by molar-refractivity contribution is -0.341. The Morgan fingerprint density at radius 2 is 1.89 bits per heavy atom. The van der Waals surface area contributed by atoms with Gasteiger partial charge in [0.1, 0.15) is 6.79 Å². The van der Waals surface area contributed by atoms with Crippen LogP contribution < -0.4 is 0 Å². The fraction of sp³-hybridized carbons (Fsp3) is 1.00. The van der Waals surface area contributed by atoms with Crippen molar-refractivity contribution in [3.05, 3.63) is 0 Å². The van der Waals surface area contributed by atoms with E-state index in [0.29, 0.717) is 6.61 Å². The van der Waals surface area contributed by atoms with Crippen molar-refractivity contribution in [3.63, 3.8) is 0 Å². The summed E-state index contributed by atoms with van der Waals surface area (Å²) >= 11 is 0. The zero-order valence-electron chi connectivity index (χ0n) is 5.75. The molecule has 0 aliphatic heterocycles. The molecule has 0 amide bonds. The smallest absolute Gasteiger partial charge is 0.183 e. The van der Waals surface area contributed by atoms with E-state index in [2.05, 4.69) is 14.5 Å². The minimum absolute atomic E-state index is 0.113. The highest BCUT2D eigenvalue weighted by atomic mass is 17.2. The average molecular weight is 136 g/mol. The van der Waals surface area contributed by atoms with Crippen molar-refractivity contribution in [3.8, 4) is 0 Å². The molecule has 9 heavy (non-hydrogen) atoms. The summed E-state index contributed by atoms with van der Waals surface area (Å²) in [7, 11) is 1.54. The molecule has 0 radical (unpaired) electrons. The fourth-order valence-corrected chi connectivity index (χ4v) is 0.269. The Morgan fingerprint density at radius 3 is 2.44 bits per heavy atom. The van der Waals surface area contributed by atoms with Gasteiger partial charge in [0.2, 0.25) is 0 Å². The van der Waals surface area contributed by atoms with Gasteiger partial charge in [-0.25, -0.2) is 9.78 Å². The highest BCUT2D eigenvalue weighted by Gasteiger charge is 1.83. The van der Waals surface area contributed by atoms with Gasteiger partial charge in [0.25, 0.3) is 0 Å². The number of methoxy groups -OCH3 is 1. The van der Waals surface area contributed by atoms with Crippen LogP contribution in [0.2, 0.25) is 0 Å². The number of ether oxygens (including phenoxy) is 2. The van der Waals surface area contributed by atoms with Gasteiger partial charge in [-0.3, -0.25) is 0 Å². The molecule has 4 nitrogen and oxygen atoms in total. The molecule has 0 atom stereocenters. The third-order valence-corrected chi connectivity index (χ3v) is 0.534. The Labute approximate surface area is 54.6 Å². The summed E-state index contributed by atoms with van der Waals surface area (Å²) in [6, 6.07) is 0. The monoisotopic (exact) mass is 136 g/mol. The topological polar surface area (TPSA) is 36.9 Å². The van der Waals surface area contributed by atoms with Gasteiger partial charge < -0.3 is 9.47 Å². The van der Waals surface area contributed by atoms with E-state index in [-0.39, 0.29) is 13.6 Å². The molecule has 0 spiro atoms. The first-order valence-electron chi connectivity index (χ1n) is 2.73. The van der Waals surface area contributed by atoms with Crippen molar-refractivity contribution < 1.29 is 19.2 Å². The predicted octanol–water partition coefficient (Wildman–Crippen LogP) is 0.532. The fourth-order valence-electron chi connectivity index (χ4n) is 0.269. The van der Waals surface area contributed by atoms with Gasteiger partial charge in [-0.1, -0.05) is 0 Å². The molecule has 4 heteroatoms. The third-order valence-electron chi connectivity index (χ3n) is 0.534. The second-order valence-corrected chi connectivity index (χ2v) is 1.25. The quantitative estimate of drug-likeness (QED) is 0.231. The molecule has 0 aromatic heterocycles. The van der Waals surface area contributed by atoms with Crippen LogP contribution in [0.5, 0.6) is 0 Å². The van der Waals surface area contributed by atoms with Crippen molar-refractivity contribution in [1.29, 1.82) is 0 Å². The summed E-state index contributed by atoms with van der Waals surface area (Å²) in [4.78, 5) is 8.98. The molecule has 0 saturated carbocycles. The first-order chi connectivity index (χ1) is 4.41. The molecular weight excluding hydrogens is 124 g/mol. The second-order valence-electron chi connectivity index (χ2n) is 1.25. The van der Waals surface area contributed by atoms with E-state index in [1.54, 1.807) is 7.11 Å². The molecular formula is C5H12O4. The maximum absolute atomic E-state index is 4.72. The van der Waals surface area contributed by atoms with Gasteiger partial charge in [0.05, 0.1) is 6.61 Å². The van der Waals surface area contributed by atoms with Gasteiger partial charge in [0, 0.05) is 7.11 Å². The van der Waals surface area contributed by atoms with Crippen LogP contribution in [0.25, 0.3) is 0 Å². The molecule has 0 aromatic rings. The predicted molar refractivity (Wildman–Crippen MR) is 30.5 cm³/mol. The van der Waals surface area contributed by atoms with E-state index < -0.39 is 0 Å². The maximum Gasteiger partial charge on any atom is 0.183 e. The Bertz CT molecular complexity index is 42.2. The molecule has 0 unspecified atom stereocenters. The summed E-state index contributed by atoms with van der Waals surface area (Å²) in [5, 5.41) is 0. The molecule has 0 N–H and O–H groups in total. The van der Waals surface area contributed by atoms with E-state index >= 15 is 0 Å². The van der Waals surface area contributed by atoms with Crippen LogP contribution >= 0.6 is 0 Å². The van der Waals surface area contributed by atoms with Crippen LogP contribution in [0.3, 0.4) is 0 Å². The molecule has 0 saturated heterocycles. The summed E-state index contributed by atoms with van der Waals surface area (Å²) in [6.45, 7) is 2.70. The standard InChI is InChI=1S/C5H12O4/c1-3-8-9-5-7-4-6-2/h3-5H2,1-2H3. The minimum atomic E-state index is 0.113. The highest BCUT2D eigenvalue weighted by Crippen LogP contribution is 1.79. The van der Waals surface area contributed by atoms with Crippen molar-refractivity contribution in [1.82, 2.24) is 0 Å². The van der Waals surface area contributed by atoms with Gasteiger partial charge in [-0.05, 0) is 6.92 Å². The summed E-state index contributed by atoms with van der Waals surface area (Å²) in [5.74, 6) is 0. The first-order valence-corrected chi connectivity index (χ1v) is 2.73. The van der Waals surface area contributed by atoms with Crippen LogP contribution in [-0.4, -0.2) is 27.3 Å². The molecule has 0 aliphatic rings. The van der Waals surface area contributed by atoms with Crippen molar-refractivity contribution in [2.75, 3.05) is 27.3 Å². The summed E-state index contributed by atoms with van der Waals surface area (Å²) in [5.41, 5.74) is 0. The minimum Gasteiger partial charge on any atom is -0.359 e. The molecule has 0 heterocycles. The van der Waals surface area contributed by atoms with Crippen LogP contribution in [0.4, 0.5) is 0 Å². The lowest BCUT2D eigenvalue weighted by Gasteiger charge is -2.01. The maximum atomic E-state index is 4.72. The molecule has 0 aromatic carbocycles. The Kier molecular flexibility index (Phi) is 7.70. The molecule has 0 bridgehead atoms. The Hall–Kier alpha value is -0.160. The highest BCUT2D eigenvalue weighted by molar-refractivity contribution is 3.97. The molecule has 0 fully saturated rings. The largest absolute Gasteiger partial charge is 0.359 e. The van der Waals surface area contributed by atoms with Gasteiger partial charge in [-0.2, -0.15) is 0 Å². The SMILES string of the molecule is CCOOCOCOC. The van der Waals surface area contributed by atoms with Crippen LogP contribution in [0.15, 0.2) is 0 Å². The van der Waals surface area contributed by atoms with E-state index in [1.165, 1.54) is 0 Å². The second kappa shape index (κ2) is 7.84. The molecule has 0 rings (SSSR count). The average Bonchev–Trinajstić information content (AvgIpc) is 1.89. The van der Waals surface area contributed by atoms with Crippen molar-refractivity contribution in [2.45, 2.75) is 6.92 Å². The van der Waals surface area contributed by atoms with E-state index in [4.69, 9.17) is 4.74 Å². The van der Waals surface area contributed by atoms with Gasteiger partial charge >= 0.3 is 0 Å². The number of hydrogen-bond donors (Lipinski definition) is 0. The zero-order valence-corrected chi connectivity index (χ0v) is 5.75. The Balaban J connectivity index is 2.60. The molecule has 0 aliphatic carbocycles. The number of hydrogen-bond acceptors (Lipinski definition) is 4. The van der Waals surface area contributed by atoms with Crippen LogP contribution in [0.1, 0.15) is 6.92 Å². The summed E-state index contributed by atoms with van der Waals surface area (Å²) in [6.07, 6.45) is 0. The lowest BCUT2D eigenvalue weighted by atomic mass is 10.9. The van der Waals surface area contributed by atoms with Gasteiger partial charge in [0.15, 0.2) is 6.79 Å². The van der Waals surface area contributed by atoms with Crippen LogP contribution in [0, 0.1) is 0 Å². The van der Waals surface area contributed by atoms with E-state index in [0.717, 1.165) is 0 Å². The Morgan fingerprint density at radius 1 is 1.11 bits per heavy atom. The third kappa shape index (κ3) is 7.84. The van der Waals surface area contributed by atoms with E-state index in [1.807, 2.05) is 6.92 Å². The normalized spacial score (nSPS) is 10.0. The van der Waals surface area contributed by atoms with Crippen molar-refractivity contribution >= 4 is 0 Å². The summed E-state index contributed by atoms with van der Waals surface area (Å²) < 4.78 is 9.28. The van der Waals surface area contributed by atoms with Crippen LogP contribution in [-0.2, 0) is 19.2 Å². The first kappa shape index (κ1) is 8.84. The van der Waals surface area contributed by atoms with Gasteiger partial charge in [-0.15, -0.1) is 0 Å². The lowest BCUT2D eigenvalue weighted by Crippen LogP contribution is -2.02. The number of rotatable bonds is 6.